The van der Waals surface area contributed by atoms with Crippen molar-refractivity contribution in [3.05, 3.63) is 52.9 Å². The quantitative estimate of drug-likeness (QED) is 0.564. The van der Waals surface area contributed by atoms with Gasteiger partial charge in [-0.1, -0.05) is 0 Å². The van der Waals surface area contributed by atoms with E-state index in [-0.39, 0.29) is 22.7 Å². The van der Waals surface area contributed by atoms with Crippen molar-refractivity contribution >= 4 is 28.3 Å². The molecule has 0 aliphatic rings. The molecule has 0 spiro atoms. The van der Waals surface area contributed by atoms with Gasteiger partial charge in [0.15, 0.2) is 16.6 Å². The Morgan fingerprint density at radius 3 is 2.61 bits per heavy atom. The Kier molecular flexibility index (Phi) is 4.11. The molecular weight excluding hydrogens is 393 g/mol. The summed E-state index contributed by atoms with van der Waals surface area (Å²) in [5.41, 5.74) is 5.36. The molecule has 0 atom stereocenters. The average Bonchev–Trinajstić information content (AvgIpc) is 3.29. The van der Waals surface area contributed by atoms with Crippen LogP contribution < -0.4 is 5.73 Å². The number of hydrogen-bond donors (Lipinski definition) is 1. The Morgan fingerprint density at radius 1 is 1.18 bits per heavy atom. The van der Waals surface area contributed by atoms with Crippen LogP contribution in [0.25, 0.3) is 27.7 Å². The van der Waals surface area contributed by atoms with E-state index in [2.05, 4.69) is 19.9 Å². The molecule has 4 aromatic rings. The number of carbonyl (C=O) groups is 1. The Labute approximate surface area is 159 Å². The molecule has 0 saturated heterocycles. The van der Waals surface area contributed by atoms with E-state index >= 15 is 0 Å². The summed E-state index contributed by atoms with van der Waals surface area (Å²) in [6.45, 7) is 1.61. The minimum atomic E-state index is -4.56. The molecule has 4 aromatic heterocycles. The SMILES string of the molecule is Cc1nc(-c2nccs2)nc(-n2ccc3nc(C(F)(F)F)ccc32)c1C(N)=O. The van der Waals surface area contributed by atoms with Gasteiger partial charge in [-0.2, -0.15) is 13.2 Å². The summed E-state index contributed by atoms with van der Waals surface area (Å²) in [6.07, 6.45) is -1.48. The minimum Gasteiger partial charge on any atom is -0.365 e. The molecule has 4 rings (SSSR count). The molecule has 0 saturated carbocycles. The topological polar surface area (TPSA) is 99.6 Å². The Hall–Kier alpha value is -3.34. The molecule has 0 fully saturated rings. The second-order valence-corrected chi connectivity index (χ2v) is 6.71. The maximum Gasteiger partial charge on any atom is 0.433 e. The zero-order valence-electron chi connectivity index (χ0n) is 14.2. The number of aromatic nitrogens is 5. The molecule has 0 radical (unpaired) electrons. The van der Waals surface area contributed by atoms with Gasteiger partial charge in [-0.25, -0.2) is 19.9 Å². The third kappa shape index (κ3) is 2.99. The molecular formula is C17H11F3N6OS. The lowest BCUT2D eigenvalue weighted by molar-refractivity contribution is -0.140. The maximum atomic E-state index is 12.9. The smallest absolute Gasteiger partial charge is 0.365 e. The van der Waals surface area contributed by atoms with Crippen LogP contribution in [0.4, 0.5) is 13.2 Å². The van der Waals surface area contributed by atoms with Crippen LogP contribution >= 0.6 is 11.3 Å². The molecule has 7 nitrogen and oxygen atoms in total. The van der Waals surface area contributed by atoms with Crippen LogP contribution in [0.1, 0.15) is 21.7 Å². The lowest BCUT2D eigenvalue weighted by Crippen LogP contribution is -2.19. The molecule has 4 heterocycles. The third-order valence-corrected chi connectivity index (χ3v) is 4.77. The van der Waals surface area contributed by atoms with E-state index in [4.69, 9.17) is 5.73 Å². The van der Waals surface area contributed by atoms with Crippen LogP contribution in [0.2, 0.25) is 0 Å². The fourth-order valence-electron chi connectivity index (χ4n) is 2.81. The second-order valence-electron chi connectivity index (χ2n) is 5.82. The highest BCUT2D eigenvalue weighted by atomic mass is 32.1. The van der Waals surface area contributed by atoms with Crippen LogP contribution in [0.3, 0.4) is 0 Å². The van der Waals surface area contributed by atoms with E-state index in [0.29, 0.717) is 16.2 Å². The molecule has 0 aliphatic carbocycles. The van der Waals surface area contributed by atoms with Gasteiger partial charge in [-0.05, 0) is 25.1 Å². The lowest BCUT2D eigenvalue weighted by Gasteiger charge is -2.12. The van der Waals surface area contributed by atoms with Crippen molar-refractivity contribution in [3.8, 4) is 16.6 Å². The van der Waals surface area contributed by atoms with Crippen molar-refractivity contribution in [2.45, 2.75) is 13.1 Å². The van der Waals surface area contributed by atoms with E-state index in [0.717, 1.165) is 6.07 Å². The zero-order chi connectivity index (χ0) is 20.1. The number of carbonyl (C=O) groups excluding carboxylic acids is 1. The molecule has 1 amide bonds. The van der Waals surface area contributed by atoms with Gasteiger partial charge in [0.25, 0.3) is 5.91 Å². The number of aryl methyl sites for hydroxylation is 1. The van der Waals surface area contributed by atoms with E-state index in [1.807, 2.05) is 0 Å². The van der Waals surface area contributed by atoms with Crippen molar-refractivity contribution in [1.82, 2.24) is 24.5 Å². The van der Waals surface area contributed by atoms with Gasteiger partial charge in [-0.15, -0.1) is 11.3 Å². The molecule has 142 valence electrons. The molecule has 28 heavy (non-hydrogen) atoms. The Bertz CT molecular complexity index is 1200. The first-order valence-electron chi connectivity index (χ1n) is 7.89. The molecule has 0 aliphatic heterocycles. The predicted octanol–water partition coefficient (Wildman–Crippen LogP) is 3.37. The molecule has 0 unspecified atom stereocenters. The summed E-state index contributed by atoms with van der Waals surface area (Å²) < 4.78 is 40.2. The molecule has 2 N–H and O–H groups in total. The van der Waals surface area contributed by atoms with E-state index in [1.54, 1.807) is 18.5 Å². The van der Waals surface area contributed by atoms with Crippen molar-refractivity contribution in [2.75, 3.05) is 0 Å². The highest BCUT2D eigenvalue weighted by Crippen LogP contribution is 2.31. The maximum absolute atomic E-state index is 12.9. The van der Waals surface area contributed by atoms with Gasteiger partial charge in [0.2, 0.25) is 0 Å². The first-order valence-corrected chi connectivity index (χ1v) is 8.77. The number of alkyl halides is 3. The van der Waals surface area contributed by atoms with Gasteiger partial charge in [-0.3, -0.25) is 9.36 Å². The zero-order valence-corrected chi connectivity index (χ0v) is 15.0. The molecule has 0 aromatic carbocycles. The number of nitrogens with zero attached hydrogens (tertiary/aromatic N) is 5. The van der Waals surface area contributed by atoms with Crippen LogP contribution in [-0.2, 0) is 6.18 Å². The van der Waals surface area contributed by atoms with Gasteiger partial charge in [0, 0.05) is 17.8 Å². The number of amides is 1. The Balaban J connectivity index is 1.96. The number of thiazole rings is 1. The first kappa shape index (κ1) is 18.0. The summed E-state index contributed by atoms with van der Waals surface area (Å²) in [7, 11) is 0. The highest BCUT2D eigenvalue weighted by Gasteiger charge is 2.32. The lowest BCUT2D eigenvalue weighted by atomic mass is 10.2. The van der Waals surface area contributed by atoms with Crippen molar-refractivity contribution in [3.63, 3.8) is 0 Å². The standard InChI is InChI=1S/C17H11F3N6OS/c1-8-12(13(21)27)15(25-14(23-8)16-22-5-7-28-16)26-6-4-9-10(26)2-3-11(24-9)17(18,19)20/h2-7H,1H3,(H2,21,27). The number of pyridine rings is 1. The fraction of sp³-hybridized carbons (Fsp3) is 0.118. The predicted molar refractivity (Wildman–Crippen MR) is 96.0 cm³/mol. The van der Waals surface area contributed by atoms with Gasteiger partial charge < -0.3 is 5.73 Å². The van der Waals surface area contributed by atoms with Gasteiger partial charge in [0.1, 0.15) is 11.3 Å². The number of fused-ring (bicyclic) bond motifs is 1. The average molecular weight is 404 g/mol. The fourth-order valence-corrected chi connectivity index (χ4v) is 3.38. The van der Waals surface area contributed by atoms with Gasteiger partial charge >= 0.3 is 6.18 Å². The normalized spacial score (nSPS) is 11.9. The van der Waals surface area contributed by atoms with Crippen molar-refractivity contribution in [2.24, 2.45) is 5.73 Å². The minimum absolute atomic E-state index is 0.0673. The first-order chi connectivity index (χ1) is 13.3. The summed E-state index contributed by atoms with van der Waals surface area (Å²) in [4.78, 5) is 28.5. The summed E-state index contributed by atoms with van der Waals surface area (Å²) >= 11 is 1.31. The van der Waals surface area contributed by atoms with Crippen molar-refractivity contribution in [1.29, 1.82) is 0 Å². The monoisotopic (exact) mass is 404 g/mol. The van der Waals surface area contributed by atoms with E-state index < -0.39 is 17.8 Å². The van der Waals surface area contributed by atoms with Crippen LogP contribution in [0, 0.1) is 6.92 Å². The number of hydrogen-bond acceptors (Lipinski definition) is 6. The van der Waals surface area contributed by atoms with Gasteiger partial charge in [0.05, 0.1) is 16.7 Å². The van der Waals surface area contributed by atoms with Crippen molar-refractivity contribution < 1.29 is 18.0 Å². The number of primary amides is 1. The third-order valence-electron chi connectivity index (χ3n) is 4.00. The molecule has 0 bridgehead atoms. The van der Waals surface area contributed by atoms with Crippen LogP contribution in [-0.4, -0.2) is 30.4 Å². The Morgan fingerprint density at radius 2 is 1.96 bits per heavy atom. The largest absolute Gasteiger partial charge is 0.433 e. The second kappa shape index (κ2) is 6.37. The summed E-state index contributed by atoms with van der Waals surface area (Å²) in [5, 5.41) is 2.29. The van der Waals surface area contributed by atoms with Crippen LogP contribution in [0.5, 0.6) is 0 Å². The van der Waals surface area contributed by atoms with E-state index in [1.165, 1.54) is 34.2 Å². The number of halogens is 3. The summed E-state index contributed by atoms with van der Waals surface area (Å²) in [5.74, 6) is -0.309. The number of nitrogens with two attached hydrogens (primary N) is 1. The summed E-state index contributed by atoms with van der Waals surface area (Å²) in [6, 6.07) is 3.56. The highest BCUT2D eigenvalue weighted by molar-refractivity contribution is 7.13. The van der Waals surface area contributed by atoms with Crippen LogP contribution in [0.15, 0.2) is 36.0 Å². The van der Waals surface area contributed by atoms with E-state index in [9.17, 15) is 18.0 Å². The number of rotatable bonds is 3. The molecule has 11 heteroatoms.